The first kappa shape index (κ1) is 15.7. The van der Waals surface area contributed by atoms with E-state index in [1.54, 1.807) is 18.2 Å². The lowest BCUT2D eigenvalue weighted by Crippen LogP contribution is -2.28. The Kier molecular flexibility index (Phi) is 4.76. The van der Waals surface area contributed by atoms with Crippen LogP contribution in [0.1, 0.15) is 56.8 Å². The molecule has 0 aromatic heterocycles. The summed E-state index contributed by atoms with van der Waals surface area (Å²) in [6, 6.07) is 5.23. The van der Waals surface area contributed by atoms with Crippen LogP contribution in [0.5, 0.6) is 5.75 Å². The Hall–Kier alpha value is -1.71. The highest BCUT2D eigenvalue weighted by atomic mass is 16.5. The Morgan fingerprint density at radius 2 is 2.05 bits per heavy atom. The topological polar surface area (TPSA) is 64.4 Å². The molecule has 0 radical (unpaired) electrons. The summed E-state index contributed by atoms with van der Waals surface area (Å²) in [4.78, 5) is 11.9. The Morgan fingerprint density at radius 1 is 1.38 bits per heavy atom. The van der Waals surface area contributed by atoms with E-state index in [2.05, 4.69) is 19.2 Å². The fraction of sp³-hybridized carbons (Fsp3) is 0.588. The molecular formula is C17H26N2O2. The molecule has 0 unspecified atom stereocenters. The van der Waals surface area contributed by atoms with Gasteiger partial charge in [-0.1, -0.05) is 13.8 Å². The van der Waals surface area contributed by atoms with Gasteiger partial charge in [-0.3, -0.25) is 4.79 Å². The molecule has 0 aliphatic heterocycles. The third-order valence-corrected chi connectivity index (χ3v) is 4.19. The predicted octanol–water partition coefficient (Wildman–Crippen LogP) is 3.37. The normalized spacial score (nSPS) is 18.2. The van der Waals surface area contributed by atoms with E-state index >= 15 is 0 Å². The molecule has 0 heterocycles. The van der Waals surface area contributed by atoms with Gasteiger partial charge in [0.05, 0.1) is 11.8 Å². The minimum atomic E-state index is -0.0906. The fourth-order valence-electron chi connectivity index (χ4n) is 2.71. The summed E-state index contributed by atoms with van der Waals surface area (Å²) in [5.74, 6) is 0.538. The number of nitrogens with two attached hydrogens (primary N) is 1. The maximum atomic E-state index is 11.9. The summed E-state index contributed by atoms with van der Waals surface area (Å²) in [5.41, 5.74) is 7.57. The smallest absolute Gasteiger partial charge is 0.251 e. The molecule has 1 aromatic rings. The number of carbonyl (C=O) groups is 1. The Bertz CT molecular complexity index is 502. The zero-order chi connectivity index (χ0) is 15.5. The van der Waals surface area contributed by atoms with Crippen molar-refractivity contribution in [1.82, 2.24) is 5.32 Å². The second-order valence-corrected chi connectivity index (χ2v) is 6.59. The van der Waals surface area contributed by atoms with Crippen LogP contribution in [0.15, 0.2) is 18.2 Å². The molecule has 1 aliphatic rings. The molecule has 1 amide bonds. The average molecular weight is 290 g/mol. The molecule has 2 rings (SSSR count). The van der Waals surface area contributed by atoms with E-state index in [9.17, 15) is 4.79 Å². The van der Waals surface area contributed by atoms with Crippen molar-refractivity contribution in [3.05, 3.63) is 23.8 Å². The first-order valence-electron chi connectivity index (χ1n) is 7.75. The monoisotopic (exact) mass is 290 g/mol. The first-order chi connectivity index (χ1) is 9.91. The molecule has 0 bridgehead atoms. The van der Waals surface area contributed by atoms with E-state index in [0.29, 0.717) is 29.0 Å². The predicted molar refractivity (Wildman–Crippen MR) is 85.5 cm³/mol. The van der Waals surface area contributed by atoms with Crippen molar-refractivity contribution in [2.45, 2.75) is 52.6 Å². The Balaban J connectivity index is 2.06. The number of hydrogen-bond acceptors (Lipinski definition) is 3. The lowest BCUT2D eigenvalue weighted by atomic mass is 9.76. The van der Waals surface area contributed by atoms with Crippen molar-refractivity contribution in [3.63, 3.8) is 0 Å². The molecule has 116 valence electrons. The summed E-state index contributed by atoms with van der Waals surface area (Å²) in [6.45, 7) is 7.11. The van der Waals surface area contributed by atoms with E-state index in [1.807, 2.05) is 6.92 Å². The first-order valence-corrected chi connectivity index (χ1v) is 7.75. The van der Waals surface area contributed by atoms with E-state index in [4.69, 9.17) is 10.5 Å². The highest BCUT2D eigenvalue weighted by Gasteiger charge is 2.28. The van der Waals surface area contributed by atoms with E-state index < -0.39 is 0 Å². The number of anilines is 1. The Morgan fingerprint density at radius 3 is 2.67 bits per heavy atom. The van der Waals surface area contributed by atoms with Gasteiger partial charge in [-0.15, -0.1) is 0 Å². The number of rotatable bonds is 4. The van der Waals surface area contributed by atoms with Crippen LogP contribution in [-0.4, -0.2) is 18.6 Å². The van der Waals surface area contributed by atoms with Gasteiger partial charge in [0.2, 0.25) is 0 Å². The second kappa shape index (κ2) is 6.37. The van der Waals surface area contributed by atoms with E-state index in [1.165, 1.54) is 0 Å². The highest BCUT2D eigenvalue weighted by Crippen LogP contribution is 2.37. The van der Waals surface area contributed by atoms with Crippen LogP contribution < -0.4 is 15.8 Å². The molecule has 1 aromatic carbocycles. The average Bonchev–Trinajstić information content (AvgIpc) is 2.43. The molecule has 0 atom stereocenters. The van der Waals surface area contributed by atoms with Crippen molar-refractivity contribution < 1.29 is 9.53 Å². The summed E-state index contributed by atoms with van der Waals surface area (Å²) in [6.07, 6.45) is 4.60. The molecule has 1 aliphatic carbocycles. The van der Waals surface area contributed by atoms with Gasteiger partial charge in [0, 0.05) is 12.1 Å². The highest BCUT2D eigenvalue weighted by molar-refractivity contribution is 5.95. The van der Waals surface area contributed by atoms with Gasteiger partial charge in [-0.25, -0.2) is 0 Å². The quantitative estimate of drug-likeness (QED) is 0.836. The molecule has 0 saturated heterocycles. The summed E-state index contributed by atoms with van der Waals surface area (Å²) in [5, 5.41) is 2.79. The lowest BCUT2D eigenvalue weighted by Gasteiger charge is -2.34. The maximum Gasteiger partial charge on any atom is 0.251 e. The van der Waals surface area contributed by atoms with Crippen LogP contribution in [0, 0.1) is 5.41 Å². The largest absolute Gasteiger partial charge is 0.488 e. The number of nitrogens with one attached hydrogen (secondary N) is 1. The molecule has 21 heavy (non-hydrogen) atoms. The summed E-state index contributed by atoms with van der Waals surface area (Å²) >= 11 is 0. The third-order valence-electron chi connectivity index (χ3n) is 4.19. The van der Waals surface area contributed by atoms with Crippen LogP contribution in [-0.2, 0) is 0 Å². The van der Waals surface area contributed by atoms with Crippen molar-refractivity contribution in [3.8, 4) is 5.75 Å². The number of carbonyl (C=O) groups excluding carboxylic acids is 1. The second-order valence-electron chi connectivity index (χ2n) is 6.59. The molecular weight excluding hydrogens is 264 g/mol. The molecule has 3 N–H and O–H groups in total. The van der Waals surface area contributed by atoms with Crippen molar-refractivity contribution in [2.24, 2.45) is 5.41 Å². The molecule has 1 fully saturated rings. The molecule has 1 saturated carbocycles. The number of hydrogen-bond donors (Lipinski definition) is 2. The van der Waals surface area contributed by atoms with E-state index in [-0.39, 0.29) is 12.0 Å². The molecule has 4 nitrogen and oxygen atoms in total. The zero-order valence-electron chi connectivity index (χ0n) is 13.2. The maximum absolute atomic E-state index is 11.9. The SMILES string of the molecule is CCNC(=O)c1ccc(N)c(OC2CCC(C)(C)CC2)c1. The van der Waals surface area contributed by atoms with Crippen LogP contribution in [0.3, 0.4) is 0 Å². The van der Waals surface area contributed by atoms with Crippen LogP contribution in [0.4, 0.5) is 5.69 Å². The van der Waals surface area contributed by atoms with Gasteiger partial charge in [0.15, 0.2) is 0 Å². The van der Waals surface area contributed by atoms with Gasteiger partial charge in [-0.05, 0) is 56.2 Å². The summed E-state index contributed by atoms with van der Waals surface area (Å²) < 4.78 is 6.04. The number of ether oxygens (including phenoxy) is 1. The van der Waals surface area contributed by atoms with Crippen molar-refractivity contribution in [1.29, 1.82) is 0 Å². The van der Waals surface area contributed by atoms with Crippen LogP contribution in [0.2, 0.25) is 0 Å². The Labute approximate surface area is 127 Å². The van der Waals surface area contributed by atoms with Crippen LogP contribution in [0.25, 0.3) is 0 Å². The van der Waals surface area contributed by atoms with Gasteiger partial charge in [0.25, 0.3) is 5.91 Å². The lowest BCUT2D eigenvalue weighted by molar-refractivity contribution is 0.0946. The fourth-order valence-corrected chi connectivity index (χ4v) is 2.71. The summed E-state index contributed by atoms with van der Waals surface area (Å²) in [7, 11) is 0. The standard InChI is InChI=1S/C17H26N2O2/c1-4-19-16(20)12-5-6-14(18)15(11-12)21-13-7-9-17(2,3)10-8-13/h5-6,11,13H,4,7-10,18H2,1-3H3,(H,19,20). The number of amides is 1. The van der Waals surface area contributed by atoms with Gasteiger partial charge >= 0.3 is 0 Å². The number of nitrogen functional groups attached to an aromatic ring is 1. The third kappa shape index (κ3) is 4.13. The number of benzene rings is 1. The molecule has 0 spiro atoms. The van der Waals surface area contributed by atoms with Crippen LogP contribution >= 0.6 is 0 Å². The van der Waals surface area contributed by atoms with Gasteiger partial charge < -0.3 is 15.8 Å². The minimum Gasteiger partial charge on any atom is -0.488 e. The van der Waals surface area contributed by atoms with Crippen molar-refractivity contribution in [2.75, 3.05) is 12.3 Å². The molecule has 4 heteroatoms. The zero-order valence-corrected chi connectivity index (χ0v) is 13.2. The van der Waals surface area contributed by atoms with E-state index in [0.717, 1.165) is 25.7 Å². The van der Waals surface area contributed by atoms with Crippen molar-refractivity contribution >= 4 is 11.6 Å². The van der Waals surface area contributed by atoms with Gasteiger partial charge in [-0.2, -0.15) is 0 Å². The van der Waals surface area contributed by atoms with Gasteiger partial charge in [0.1, 0.15) is 5.75 Å². The minimum absolute atomic E-state index is 0.0906.